The molecule has 0 amide bonds. The van der Waals surface area contributed by atoms with Crippen LogP contribution in [0.5, 0.6) is 0 Å². The minimum Gasteiger partial charge on any atom is -0.461 e. The van der Waals surface area contributed by atoms with Gasteiger partial charge in [0.05, 0.1) is 12.3 Å². The zero-order valence-electron chi connectivity index (χ0n) is 9.49. The molecule has 0 saturated heterocycles. The molecular formula is C9H13ClN2O4S. The second-order valence-corrected chi connectivity index (χ2v) is 5.79. The van der Waals surface area contributed by atoms with Crippen LogP contribution in [-0.4, -0.2) is 31.2 Å². The lowest BCUT2D eigenvalue weighted by molar-refractivity contribution is 0.0515. The van der Waals surface area contributed by atoms with E-state index in [0.29, 0.717) is 18.5 Å². The molecule has 0 fully saturated rings. The molecule has 1 heterocycles. The second kappa shape index (κ2) is 5.50. The molecule has 8 heteroatoms. The lowest BCUT2D eigenvalue weighted by Crippen LogP contribution is -2.09. The fraction of sp³-hybridized carbons (Fsp3) is 0.556. The highest BCUT2D eigenvalue weighted by Crippen LogP contribution is 2.24. The molecule has 1 aromatic rings. The molecule has 1 rings (SSSR count). The lowest BCUT2D eigenvalue weighted by atomic mass is 10.2. The standard InChI is InChI=1S/C9H13ClN2O4S/c1-3-5-6-8(17(10,14)15)7(12-11-6)9(13)16-4-2/h3-5H2,1-2H3,(H,11,12). The van der Waals surface area contributed by atoms with Crippen molar-refractivity contribution in [1.29, 1.82) is 0 Å². The Hall–Kier alpha value is -1.08. The monoisotopic (exact) mass is 280 g/mol. The molecule has 0 saturated carbocycles. The van der Waals surface area contributed by atoms with Crippen LogP contribution < -0.4 is 0 Å². The summed E-state index contributed by atoms with van der Waals surface area (Å²) in [6.45, 7) is 3.62. The highest BCUT2D eigenvalue weighted by Gasteiger charge is 2.28. The molecule has 0 bridgehead atoms. The number of carbonyl (C=O) groups excluding carboxylic acids is 1. The zero-order valence-corrected chi connectivity index (χ0v) is 11.1. The third-order valence-electron chi connectivity index (χ3n) is 2.00. The molecule has 0 aliphatic rings. The van der Waals surface area contributed by atoms with Gasteiger partial charge in [0.15, 0.2) is 5.69 Å². The first kappa shape index (κ1) is 14.0. The minimum atomic E-state index is -4.03. The number of H-pyrrole nitrogens is 1. The van der Waals surface area contributed by atoms with Gasteiger partial charge in [0, 0.05) is 10.7 Å². The summed E-state index contributed by atoms with van der Waals surface area (Å²) < 4.78 is 27.5. The van der Waals surface area contributed by atoms with Crippen LogP contribution in [-0.2, 0) is 20.2 Å². The maximum absolute atomic E-state index is 11.5. The van der Waals surface area contributed by atoms with Gasteiger partial charge in [-0.2, -0.15) is 5.10 Å². The Morgan fingerprint density at radius 3 is 2.59 bits per heavy atom. The van der Waals surface area contributed by atoms with Crippen molar-refractivity contribution < 1.29 is 17.9 Å². The quantitative estimate of drug-likeness (QED) is 0.651. The normalized spacial score (nSPS) is 11.5. The van der Waals surface area contributed by atoms with Crippen molar-refractivity contribution in [1.82, 2.24) is 10.2 Å². The number of carbonyl (C=O) groups is 1. The van der Waals surface area contributed by atoms with Crippen molar-refractivity contribution in [2.24, 2.45) is 0 Å². The van der Waals surface area contributed by atoms with Crippen molar-refractivity contribution >= 4 is 25.7 Å². The second-order valence-electron chi connectivity index (χ2n) is 3.29. The van der Waals surface area contributed by atoms with Gasteiger partial charge >= 0.3 is 5.97 Å². The molecule has 0 unspecified atom stereocenters. The largest absolute Gasteiger partial charge is 0.461 e. The molecule has 1 aromatic heterocycles. The van der Waals surface area contributed by atoms with Gasteiger partial charge in [-0.15, -0.1) is 0 Å². The Morgan fingerprint density at radius 2 is 2.12 bits per heavy atom. The van der Waals surface area contributed by atoms with Gasteiger partial charge in [-0.3, -0.25) is 5.10 Å². The number of aromatic amines is 1. The van der Waals surface area contributed by atoms with Crippen LogP contribution in [0, 0.1) is 0 Å². The summed E-state index contributed by atoms with van der Waals surface area (Å²) in [6.07, 6.45) is 1.14. The van der Waals surface area contributed by atoms with E-state index in [1.165, 1.54) is 0 Å². The number of nitrogens with one attached hydrogen (secondary N) is 1. The van der Waals surface area contributed by atoms with E-state index < -0.39 is 15.0 Å². The molecule has 17 heavy (non-hydrogen) atoms. The molecule has 0 aromatic carbocycles. The first-order chi connectivity index (χ1) is 7.91. The molecule has 96 valence electrons. The van der Waals surface area contributed by atoms with Crippen LogP contribution in [0.3, 0.4) is 0 Å². The number of rotatable bonds is 5. The number of aryl methyl sites for hydroxylation is 1. The number of halogens is 1. The summed E-state index contributed by atoms with van der Waals surface area (Å²) in [5, 5.41) is 6.16. The van der Waals surface area contributed by atoms with E-state index in [0.717, 1.165) is 0 Å². The van der Waals surface area contributed by atoms with Gasteiger partial charge in [0.2, 0.25) is 0 Å². The summed E-state index contributed by atoms with van der Waals surface area (Å²) in [4.78, 5) is 11.2. The van der Waals surface area contributed by atoms with Gasteiger partial charge in [-0.25, -0.2) is 13.2 Å². The van der Waals surface area contributed by atoms with Gasteiger partial charge in [0.25, 0.3) is 9.05 Å². The molecule has 0 aliphatic heterocycles. The highest BCUT2D eigenvalue weighted by molar-refractivity contribution is 8.13. The van der Waals surface area contributed by atoms with Crippen LogP contribution in [0.2, 0.25) is 0 Å². The van der Waals surface area contributed by atoms with Crippen molar-refractivity contribution in [3.8, 4) is 0 Å². The summed E-state index contributed by atoms with van der Waals surface area (Å²) in [5.74, 6) is -0.801. The topological polar surface area (TPSA) is 89.1 Å². The van der Waals surface area contributed by atoms with Crippen LogP contribution in [0.15, 0.2) is 4.90 Å². The number of nitrogens with zero attached hydrogens (tertiary/aromatic N) is 1. The molecule has 1 N–H and O–H groups in total. The van der Waals surface area contributed by atoms with E-state index in [1.54, 1.807) is 6.92 Å². The van der Waals surface area contributed by atoms with Crippen molar-refractivity contribution in [2.75, 3.05) is 6.61 Å². The van der Waals surface area contributed by atoms with Gasteiger partial charge in [-0.1, -0.05) is 13.3 Å². The first-order valence-electron chi connectivity index (χ1n) is 5.10. The zero-order chi connectivity index (χ0) is 13.1. The lowest BCUT2D eigenvalue weighted by Gasteiger charge is -2.01. The Bertz CT molecular complexity index is 509. The number of hydrogen-bond donors (Lipinski definition) is 1. The van der Waals surface area contributed by atoms with E-state index in [1.807, 2.05) is 6.92 Å². The fourth-order valence-electron chi connectivity index (χ4n) is 1.39. The van der Waals surface area contributed by atoms with Crippen molar-refractivity contribution in [2.45, 2.75) is 31.6 Å². The van der Waals surface area contributed by atoms with E-state index in [-0.39, 0.29) is 17.2 Å². The Labute approximate surface area is 104 Å². The van der Waals surface area contributed by atoms with Crippen LogP contribution in [0.25, 0.3) is 0 Å². The fourth-order valence-corrected chi connectivity index (χ4v) is 2.69. The number of ether oxygens (including phenoxy) is 1. The predicted molar refractivity (Wildman–Crippen MR) is 61.6 cm³/mol. The predicted octanol–water partition coefficient (Wildman–Crippen LogP) is 1.47. The molecule has 0 atom stereocenters. The van der Waals surface area contributed by atoms with Crippen molar-refractivity contribution in [3.63, 3.8) is 0 Å². The van der Waals surface area contributed by atoms with E-state index >= 15 is 0 Å². The summed E-state index contributed by atoms with van der Waals surface area (Å²) in [6, 6.07) is 0. The third kappa shape index (κ3) is 3.19. The maximum atomic E-state index is 11.5. The Balaban J connectivity index is 3.28. The number of hydrogen-bond acceptors (Lipinski definition) is 5. The average molecular weight is 281 g/mol. The maximum Gasteiger partial charge on any atom is 0.360 e. The van der Waals surface area contributed by atoms with Crippen LogP contribution in [0.4, 0.5) is 0 Å². The summed E-state index contributed by atoms with van der Waals surface area (Å²) >= 11 is 0. The van der Waals surface area contributed by atoms with Crippen LogP contribution in [0.1, 0.15) is 36.5 Å². The SMILES string of the molecule is CCCc1[nH]nc(C(=O)OCC)c1S(=O)(=O)Cl. The van der Waals surface area contributed by atoms with E-state index in [9.17, 15) is 13.2 Å². The Kier molecular flexibility index (Phi) is 4.53. The highest BCUT2D eigenvalue weighted by atomic mass is 35.7. The first-order valence-corrected chi connectivity index (χ1v) is 7.41. The number of aromatic nitrogens is 2. The smallest absolute Gasteiger partial charge is 0.360 e. The van der Waals surface area contributed by atoms with Crippen molar-refractivity contribution in [3.05, 3.63) is 11.4 Å². The van der Waals surface area contributed by atoms with E-state index in [4.69, 9.17) is 15.4 Å². The molecule has 0 spiro atoms. The summed E-state index contributed by atoms with van der Waals surface area (Å²) in [5.41, 5.74) is 0.0378. The van der Waals surface area contributed by atoms with Gasteiger partial charge < -0.3 is 4.74 Å². The molecule has 6 nitrogen and oxygen atoms in total. The van der Waals surface area contributed by atoms with Crippen LogP contribution >= 0.6 is 10.7 Å². The number of esters is 1. The van der Waals surface area contributed by atoms with Gasteiger partial charge in [0.1, 0.15) is 4.90 Å². The molecule has 0 radical (unpaired) electrons. The molecule has 0 aliphatic carbocycles. The Morgan fingerprint density at radius 1 is 1.47 bits per heavy atom. The van der Waals surface area contributed by atoms with Gasteiger partial charge in [-0.05, 0) is 13.3 Å². The molecular weight excluding hydrogens is 268 g/mol. The summed E-state index contributed by atoms with van der Waals surface area (Å²) in [7, 11) is 1.27. The van der Waals surface area contributed by atoms with E-state index in [2.05, 4.69) is 10.2 Å². The minimum absolute atomic E-state index is 0.135. The average Bonchev–Trinajstić information content (AvgIpc) is 2.62. The third-order valence-corrected chi connectivity index (χ3v) is 3.39.